The van der Waals surface area contributed by atoms with Crippen molar-refractivity contribution in [1.29, 1.82) is 0 Å². The smallest absolute Gasteiger partial charge is 0.267 e. The molecule has 6 nitrogen and oxygen atoms in total. The number of carbonyl (C=O) groups is 2. The number of ether oxygens (including phenoxy) is 2. The van der Waals surface area contributed by atoms with Gasteiger partial charge in [-0.25, -0.2) is 0 Å². The van der Waals surface area contributed by atoms with E-state index in [0.29, 0.717) is 34.4 Å². The highest BCUT2D eigenvalue weighted by molar-refractivity contribution is 6.32. The number of nitrogens with one attached hydrogen (secondary N) is 1. The van der Waals surface area contributed by atoms with Crippen molar-refractivity contribution in [2.75, 3.05) is 23.4 Å². The lowest BCUT2D eigenvalue weighted by molar-refractivity contribution is -0.125. The Kier molecular flexibility index (Phi) is 5.32. The van der Waals surface area contributed by atoms with E-state index in [-0.39, 0.29) is 18.4 Å². The van der Waals surface area contributed by atoms with Crippen molar-refractivity contribution in [3.05, 3.63) is 47.5 Å². The summed E-state index contributed by atoms with van der Waals surface area (Å²) in [5.74, 6) is 0.624. The van der Waals surface area contributed by atoms with E-state index in [0.717, 1.165) is 0 Å². The molecule has 1 aliphatic heterocycles. The number of amides is 2. The summed E-state index contributed by atoms with van der Waals surface area (Å²) in [6.45, 7) is 3.95. The molecule has 1 N–H and O–H groups in total. The van der Waals surface area contributed by atoms with E-state index in [1.54, 1.807) is 54.3 Å². The summed E-state index contributed by atoms with van der Waals surface area (Å²) in [6, 6.07) is 12.1. The Labute approximate surface area is 156 Å². The van der Waals surface area contributed by atoms with Crippen LogP contribution in [0.3, 0.4) is 0 Å². The topological polar surface area (TPSA) is 67.9 Å². The largest absolute Gasteiger partial charge is 0.482 e. The van der Waals surface area contributed by atoms with Crippen LogP contribution in [0.4, 0.5) is 11.4 Å². The number of halogens is 1. The van der Waals surface area contributed by atoms with Crippen LogP contribution in [0, 0.1) is 0 Å². The van der Waals surface area contributed by atoms with Crippen molar-refractivity contribution < 1.29 is 19.1 Å². The predicted molar refractivity (Wildman–Crippen MR) is 100 cm³/mol. The van der Waals surface area contributed by atoms with Gasteiger partial charge in [0.1, 0.15) is 11.5 Å². The number of likely N-dealkylation sites (N-methyl/N-ethyl adjacent to an activating group) is 1. The molecule has 0 aromatic heterocycles. The van der Waals surface area contributed by atoms with Gasteiger partial charge in [0.05, 0.1) is 10.7 Å². The molecule has 0 fully saturated rings. The van der Waals surface area contributed by atoms with Crippen molar-refractivity contribution in [3.63, 3.8) is 0 Å². The van der Waals surface area contributed by atoms with Gasteiger partial charge in [-0.15, -0.1) is 0 Å². The lowest BCUT2D eigenvalue weighted by Gasteiger charge is -2.32. The zero-order valence-corrected chi connectivity index (χ0v) is 15.2. The summed E-state index contributed by atoms with van der Waals surface area (Å²) >= 11 is 6.00. The zero-order valence-electron chi connectivity index (χ0n) is 14.5. The summed E-state index contributed by atoms with van der Waals surface area (Å²) in [7, 11) is 0. The second-order valence-electron chi connectivity index (χ2n) is 5.79. The Morgan fingerprint density at radius 1 is 1.31 bits per heavy atom. The van der Waals surface area contributed by atoms with Gasteiger partial charge < -0.3 is 19.7 Å². The third-order valence-corrected chi connectivity index (χ3v) is 4.27. The van der Waals surface area contributed by atoms with Crippen molar-refractivity contribution in [1.82, 2.24) is 0 Å². The molecule has 1 unspecified atom stereocenters. The molecule has 0 bridgehead atoms. The molecular weight excluding hydrogens is 356 g/mol. The lowest BCUT2D eigenvalue weighted by atomic mass is 10.1. The van der Waals surface area contributed by atoms with Crippen molar-refractivity contribution in [3.8, 4) is 11.5 Å². The molecule has 0 aliphatic carbocycles. The number of para-hydroxylation sites is 1. The van der Waals surface area contributed by atoms with Crippen LogP contribution in [0.2, 0.25) is 5.02 Å². The number of anilines is 2. The molecule has 0 spiro atoms. The molecule has 7 heteroatoms. The molecule has 3 rings (SSSR count). The molecule has 0 radical (unpaired) electrons. The Morgan fingerprint density at radius 3 is 2.81 bits per heavy atom. The van der Waals surface area contributed by atoms with Gasteiger partial charge in [-0.3, -0.25) is 9.59 Å². The summed E-state index contributed by atoms with van der Waals surface area (Å²) in [5.41, 5.74) is 1.20. The third kappa shape index (κ3) is 3.75. The van der Waals surface area contributed by atoms with Crippen LogP contribution < -0.4 is 19.7 Å². The molecule has 2 amide bonds. The Hall–Kier alpha value is -2.73. The highest BCUT2D eigenvalue weighted by Gasteiger charge is 2.30. The maximum Gasteiger partial charge on any atom is 0.267 e. The van der Waals surface area contributed by atoms with Gasteiger partial charge in [-0.05, 0) is 44.2 Å². The number of fused-ring (bicyclic) bond motifs is 1. The molecule has 0 saturated heterocycles. The average molecular weight is 375 g/mol. The first kappa shape index (κ1) is 18.1. The van der Waals surface area contributed by atoms with Gasteiger partial charge in [-0.1, -0.05) is 23.7 Å². The molecule has 1 heterocycles. The fourth-order valence-corrected chi connectivity index (χ4v) is 2.90. The highest BCUT2D eigenvalue weighted by atomic mass is 35.5. The maximum atomic E-state index is 12.2. The van der Waals surface area contributed by atoms with Crippen molar-refractivity contribution in [2.24, 2.45) is 0 Å². The number of benzene rings is 2. The van der Waals surface area contributed by atoms with Crippen molar-refractivity contribution >= 4 is 34.8 Å². The molecule has 2 aromatic rings. The van der Waals surface area contributed by atoms with E-state index in [4.69, 9.17) is 21.1 Å². The molecule has 1 atom stereocenters. The van der Waals surface area contributed by atoms with Gasteiger partial charge in [0.2, 0.25) is 0 Å². The average Bonchev–Trinajstić information content (AvgIpc) is 2.62. The number of nitrogens with zero attached hydrogens (tertiary/aromatic N) is 1. The van der Waals surface area contributed by atoms with Crippen LogP contribution in [0.1, 0.15) is 13.8 Å². The normalized spacial score (nSPS) is 15.9. The first-order valence-corrected chi connectivity index (χ1v) is 8.66. The van der Waals surface area contributed by atoms with Gasteiger partial charge in [0.15, 0.2) is 12.7 Å². The van der Waals surface area contributed by atoms with E-state index in [2.05, 4.69) is 5.32 Å². The van der Waals surface area contributed by atoms with Gasteiger partial charge in [-0.2, -0.15) is 0 Å². The van der Waals surface area contributed by atoms with Crippen molar-refractivity contribution in [2.45, 2.75) is 20.0 Å². The van der Waals surface area contributed by atoms with Gasteiger partial charge in [0, 0.05) is 12.2 Å². The second kappa shape index (κ2) is 7.66. The molecule has 136 valence electrons. The van der Waals surface area contributed by atoms with Gasteiger partial charge in [0.25, 0.3) is 11.8 Å². The van der Waals surface area contributed by atoms with Crippen LogP contribution >= 0.6 is 11.6 Å². The van der Waals surface area contributed by atoms with Crippen LogP contribution in [0.5, 0.6) is 11.5 Å². The van der Waals surface area contributed by atoms with Crippen LogP contribution in [-0.4, -0.2) is 31.1 Å². The fraction of sp³-hybridized carbons (Fsp3) is 0.263. The fourth-order valence-electron chi connectivity index (χ4n) is 2.71. The summed E-state index contributed by atoms with van der Waals surface area (Å²) in [6.07, 6.45) is -0.521. The first-order chi connectivity index (χ1) is 12.5. The Morgan fingerprint density at radius 2 is 2.08 bits per heavy atom. The third-order valence-electron chi connectivity index (χ3n) is 3.96. The SMILES string of the molecule is CCN1C(=O)C(C)Oc2ccc(NC(=O)COc3ccccc3Cl)cc21. The Balaban J connectivity index is 1.69. The van der Waals surface area contributed by atoms with E-state index in [1.807, 2.05) is 6.92 Å². The minimum absolute atomic E-state index is 0.106. The monoisotopic (exact) mass is 374 g/mol. The summed E-state index contributed by atoms with van der Waals surface area (Å²) < 4.78 is 11.0. The molecule has 26 heavy (non-hydrogen) atoms. The number of hydrogen-bond acceptors (Lipinski definition) is 4. The quantitative estimate of drug-likeness (QED) is 0.869. The van der Waals surface area contributed by atoms with E-state index >= 15 is 0 Å². The van der Waals surface area contributed by atoms with Crippen LogP contribution in [0.15, 0.2) is 42.5 Å². The number of rotatable bonds is 5. The molecule has 1 aliphatic rings. The number of hydrogen-bond donors (Lipinski definition) is 1. The van der Waals surface area contributed by atoms with E-state index in [1.165, 1.54) is 0 Å². The lowest BCUT2D eigenvalue weighted by Crippen LogP contribution is -2.44. The first-order valence-electron chi connectivity index (χ1n) is 8.29. The number of carbonyl (C=O) groups excluding carboxylic acids is 2. The minimum atomic E-state index is -0.521. The molecular formula is C19H19ClN2O4. The second-order valence-corrected chi connectivity index (χ2v) is 6.20. The standard InChI is InChI=1S/C19H19ClN2O4/c1-3-22-15-10-13(8-9-17(15)26-12(2)19(22)24)21-18(23)11-25-16-7-5-4-6-14(16)20/h4-10,12H,3,11H2,1-2H3,(H,21,23). The predicted octanol–water partition coefficient (Wildman–Crippen LogP) is 3.49. The molecule has 0 saturated carbocycles. The summed E-state index contributed by atoms with van der Waals surface area (Å²) in [4.78, 5) is 26.0. The Bertz CT molecular complexity index is 840. The van der Waals surface area contributed by atoms with Crippen LogP contribution in [0.25, 0.3) is 0 Å². The van der Waals surface area contributed by atoms with Gasteiger partial charge >= 0.3 is 0 Å². The molecule has 2 aromatic carbocycles. The van der Waals surface area contributed by atoms with E-state index < -0.39 is 6.10 Å². The van der Waals surface area contributed by atoms with Crippen LogP contribution in [-0.2, 0) is 9.59 Å². The minimum Gasteiger partial charge on any atom is -0.482 e. The van der Waals surface area contributed by atoms with E-state index in [9.17, 15) is 9.59 Å². The zero-order chi connectivity index (χ0) is 18.7. The highest BCUT2D eigenvalue weighted by Crippen LogP contribution is 2.36. The maximum absolute atomic E-state index is 12.2. The summed E-state index contributed by atoms with van der Waals surface area (Å²) in [5, 5.41) is 3.19.